The summed E-state index contributed by atoms with van der Waals surface area (Å²) in [6.45, 7) is 5.72. The van der Waals surface area contributed by atoms with Crippen LogP contribution in [0.4, 0.5) is 0 Å². The van der Waals surface area contributed by atoms with Gasteiger partial charge < -0.3 is 9.84 Å². The van der Waals surface area contributed by atoms with Gasteiger partial charge in [0, 0.05) is 6.42 Å². The number of allylic oxidation sites excluding steroid dienone is 1. The van der Waals surface area contributed by atoms with Gasteiger partial charge in [0.05, 0.1) is 18.3 Å². The summed E-state index contributed by atoms with van der Waals surface area (Å²) in [6, 6.07) is 0. The SMILES string of the molecule is C=C[C@@H](O)/C=C/C#CC[C@H]1O[C@H]1CCCCCCC. The fraction of sp³-hybridized carbons (Fsp3) is 0.647. The fourth-order valence-corrected chi connectivity index (χ4v) is 2.01. The van der Waals surface area contributed by atoms with Crippen LogP contribution in [-0.4, -0.2) is 23.4 Å². The summed E-state index contributed by atoms with van der Waals surface area (Å²) in [5.41, 5.74) is 0. The van der Waals surface area contributed by atoms with E-state index in [1.54, 1.807) is 12.2 Å². The molecule has 0 unspecified atom stereocenters. The summed E-state index contributed by atoms with van der Waals surface area (Å²) in [7, 11) is 0. The Morgan fingerprint density at radius 1 is 1.26 bits per heavy atom. The molecule has 0 radical (unpaired) electrons. The van der Waals surface area contributed by atoms with Crippen LogP contribution >= 0.6 is 0 Å². The Bertz CT molecular complexity index is 335. The van der Waals surface area contributed by atoms with Crippen molar-refractivity contribution in [2.45, 2.75) is 70.2 Å². The third kappa shape index (κ3) is 7.87. The summed E-state index contributed by atoms with van der Waals surface area (Å²) in [5, 5.41) is 9.18. The smallest absolute Gasteiger partial charge is 0.0950 e. The molecular formula is C17H26O2. The molecule has 1 N–H and O–H groups in total. The van der Waals surface area contributed by atoms with Gasteiger partial charge in [-0.2, -0.15) is 0 Å². The van der Waals surface area contributed by atoms with Crippen LogP contribution in [-0.2, 0) is 4.74 Å². The predicted molar refractivity (Wildman–Crippen MR) is 79.8 cm³/mol. The summed E-state index contributed by atoms with van der Waals surface area (Å²) >= 11 is 0. The Kier molecular flexibility index (Phi) is 8.29. The van der Waals surface area contributed by atoms with Crippen LogP contribution in [0.1, 0.15) is 51.9 Å². The first-order valence-corrected chi connectivity index (χ1v) is 7.39. The van der Waals surface area contributed by atoms with Gasteiger partial charge in [-0.05, 0) is 18.6 Å². The molecule has 1 rings (SSSR count). The highest BCUT2D eigenvalue weighted by Crippen LogP contribution is 2.29. The molecule has 2 nitrogen and oxygen atoms in total. The molecule has 0 aliphatic carbocycles. The number of aliphatic hydroxyl groups excluding tert-OH is 1. The second-order valence-electron chi connectivity index (χ2n) is 5.03. The first kappa shape index (κ1) is 16.0. The Morgan fingerprint density at radius 3 is 2.79 bits per heavy atom. The van der Waals surface area contributed by atoms with E-state index in [4.69, 9.17) is 4.74 Å². The average molecular weight is 262 g/mol. The van der Waals surface area contributed by atoms with Crippen molar-refractivity contribution >= 4 is 0 Å². The predicted octanol–water partition coefficient (Wildman–Crippen LogP) is 3.61. The molecule has 19 heavy (non-hydrogen) atoms. The summed E-state index contributed by atoms with van der Waals surface area (Å²) in [6.07, 6.45) is 13.5. The van der Waals surface area contributed by atoms with Crippen LogP contribution in [0.2, 0.25) is 0 Å². The number of hydrogen-bond donors (Lipinski definition) is 1. The van der Waals surface area contributed by atoms with Crippen molar-refractivity contribution in [1.29, 1.82) is 0 Å². The van der Waals surface area contributed by atoms with Crippen LogP contribution in [0, 0.1) is 11.8 Å². The molecule has 1 aliphatic heterocycles. The quantitative estimate of drug-likeness (QED) is 0.298. The zero-order valence-electron chi connectivity index (χ0n) is 12.0. The first-order valence-electron chi connectivity index (χ1n) is 7.39. The van der Waals surface area contributed by atoms with Gasteiger partial charge in [0.2, 0.25) is 0 Å². The van der Waals surface area contributed by atoms with E-state index in [0.29, 0.717) is 12.2 Å². The Morgan fingerprint density at radius 2 is 2.05 bits per heavy atom. The van der Waals surface area contributed by atoms with E-state index < -0.39 is 6.10 Å². The lowest BCUT2D eigenvalue weighted by Crippen LogP contribution is -1.94. The topological polar surface area (TPSA) is 32.8 Å². The minimum Gasteiger partial charge on any atom is -0.385 e. The Balaban J connectivity index is 2.00. The number of rotatable bonds is 9. The lowest BCUT2D eigenvalue weighted by atomic mass is 10.1. The molecule has 1 saturated heterocycles. The first-order chi connectivity index (χ1) is 9.27. The van der Waals surface area contributed by atoms with Crippen LogP contribution in [0.3, 0.4) is 0 Å². The van der Waals surface area contributed by atoms with Gasteiger partial charge in [0.25, 0.3) is 0 Å². The van der Waals surface area contributed by atoms with Crippen molar-refractivity contribution in [3.63, 3.8) is 0 Å². The van der Waals surface area contributed by atoms with Crippen molar-refractivity contribution in [3.8, 4) is 11.8 Å². The minimum absolute atomic E-state index is 0.344. The number of unbranched alkanes of at least 4 members (excludes halogenated alkanes) is 4. The highest BCUT2D eigenvalue weighted by Gasteiger charge is 2.36. The molecule has 2 heteroatoms. The van der Waals surface area contributed by atoms with Crippen LogP contribution in [0.5, 0.6) is 0 Å². The standard InChI is InChI=1S/C17H26O2/c1-3-5-6-7-10-13-16-17(19-16)14-11-8-9-12-15(18)4-2/h4,9,12,15-18H,2-3,5-7,10,13-14H2,1H3/b12-9+/t15-,16+,17-/m1/s1. The maximum atomic E-state index is 9.18. The molecule has 0 aromatic carbocycles. The van der Waals surface area contributed by atoms with Gasteiger partial charge in [-0.1, -0.05) is 56.9 Å². The molecule has 3 atom stereocenters. The second kappa shape index (κ2) is 9.83. The molecule has 0 saturated carbocycles. The lowest BCUT2D eigenvalue weighted by Gasteiger charge is -1.96. The summed E-state index contributed by atoms with van der Waals surface area (Å²) < 4.78 is 5.58. The average Bonchev–Trinajstić information content (AvgIpc) is 3.16. The summed E-state index contributed by atoms with van der Waals surface area (Å²) in [5.74, 6) is 5.97. The van der Waals surface area contributed by atoms with Crippen molar-refractivity contribution in [2.24, 2.45) is 0 Å². The third-order valence-corrected chi connectivity index (χ3v) is 3.30. The third-order valence-electron chi connectivity index (χ3n) is 3.30. The van der Waals surface area contributed by atoms with E-state index in [9.17, 15) is 5.11 Å². The number of hydrogen-bond acceptors (Lipinski definition) is 2. The Hall–Kier alpha value is -1.04. The Labute approximate surface area is 117 Å². The number of epoxide rings is 1. The number of aliphatic hydroxyl groups is 1. The molecule has 0 spiro atoms. The summed E-state index contributed by atoms with van der Waals surface area (Å²) in [4.78, 5) is 0. The molecule has 0 aromatic rings. The van der Waals surface area contributed by atoms with Crippen LogP contribution < -0.4 is 0 Å². The minimum atomic E-state index is -0.595. The second-order valence-corrected chi connectivity index (χ2v) is 5.03. The van der Waals surface area contributed by atoms with Gasteiger partial charge in [-0.15, -0.1) is 6.58 Å². The van der Waals surface area contributed by atoms with E-state index in [1.165, 1.54) is 44.6 Å². The molecule has 0 amide bonds. The normalized spacial score (nSPS) is 22.8. The van der Waals surface area contributed by atoms with Crippen LogP contribution in [0.15, 0.2) is 24.8 Å². The maximum Gasteiger partial charge on any atom is 0.0950 e. The monoisotopic (exact) mass is 262 g/mol. The fourth-order valence-electron chi connectivity index (χ4n) is 2.01. The van der Waals surface area contributed by atoms with Crippen molar-refractivity contribution in [1.82, 2.24) is 0 Å². The van der Waals surface area contributed by atoms with Gasteiger partial charge in [0.1, 0.15) is 0 Å². The molecular weight excluding hydrogens is 236 g/mol. The van der Waals surface area contributed by atoms with Gasteiger partial charge in [0.15, 0.2) is 0 Å². The van der Waals surface area contributed by atoms with Crippen molar-refractivity contribution in [3.05, 3.63) is 24.8 Å². The van der Waals surface area contributed by atoms with E-state index in [0.717, 1.165) is 6.42 Å². The largest absolute Gasteiger partial charge is 0.385 e. The highest BCUT2D eigenvalue weighted by molar-refractivity contribution is 5.19. The van der Waals surface area contributed by atoms with Crippen molar-refractivity contribution < 1.29 is 9.84 Å². The van der Waals surface area contributed by atoms with Crippen LogP contribution in [0.25, 0.3) is 0 Å². The van der Waals surface area contributed by atoms with E-state index in [1.807, 2.05) is 0 Å². The lowest BCUT2D eigenvalue weighted by molar-refractivity contribution is 0.272. The molecule has 1 heterocycles. The van der Waals surface area contributed by atoms with Gasteiger partial charge in [-0.3, -0.25) is 0 Å². The van der Waals surface area contributed by atoms with E-state index in [-0.39, 0.29) is 0 Å². The van der Waals surface area contributed by atoms with E-state index in [2.05, 4.69) is 25.3 Å². The molecule has 0 bridgehead atoms. The molecule has 1 aliphatic rings. The molecule has 106 valence electrons. The highest BCUT2D eigenvalue weighted by atomic mass is 16.6. The molecule has 0 aromatic heterocycles. The maximum absolute atomic E-state index is 9.18. The van der Waals surface area contributed by atoms with Crippen molar-refractivity contribution in [2.75, 3.05) is 0 Å². The zero-order valence-corrected chi connectivity index (χ0v) is 12.0. The van der Waals surface area contributed by atoms with Gasteiger partial charge in [-0.25, -0.2) is 0 Å². The molecule has 1 fully saturated rings. The van der Waals surface area contributed by atoms with E-state index >= 15 is 0 Å². The van der Waals surface area contributed by atoms with Gasteiger partial charge >= 0.3 is 0 Å². The zero-order chi connectivity index (χ0) is 13.9. The number of ether oxygens (including phenoxy) is 1.